The predicted molar refractivity (Wildman–Crippen MR) is 103 cm³/mol. The number of hydrogen-bond acceptors (Lipinski definition) is 0. The van der Waals surface area contributed by atoms with E-state index in [2.05, 4.69) is 76.7 Å². The van der Waals surface area contributed by atoms with Crippen molar-refractivity contribution in [1.82, 2.24) is 0 Å². The van der Waals surface area contributed by atoms with Crippen LogP contribution in [-0.4, -0.2) is 24.2 Å². The van der Waals surface area contributed by atoms with E-state index in [1.165, 1.54) is 0 Å². The summed E-state index contributed by atoms with van der Waals surface area (Å²) in [6.45, 7) is 19.9. The Morgan fingerprint density at radius 3 is 1.29 bits per heavy atom. The van der Waals surface area contributed by atoms with E-state index in [-0.39, 0.29) is 0 Å². The first-order valence-electron chi connectivity index (χ1n) is 8.10. The van der Waals surface area contributed by atoms with E-state index < -0.39 is 24.2 Å². The molecule has 0 amide bonds. The molecule has 0 saturated heterocycles. The van der Waals surface area contributed by atoms with Crippen LogP contribution in [0.25, 0.3) is 0 Å². The molecule has 0 saturated carbocycles. The lowest BCUT2D eigenvalue weighted by Gasteiger charge is -2.36. The molecule has 0 heterocycles. The van der Waals surface area contributed by atoms with Crippen molar-refractivity contribution >= 4 is 24.2 Å². The van der Waals surface area contributed by atoms with Gasteiger partial charge in [-0.15, -0.1) is 0 Å². The standard InChI is InChI=1S/C18H30Si3/c1-19(2,3)15-11-9-13-17(15)21(7,8)18-14-10-12-16(18)20(4,5)6/h11-12H,9-10H2,1-8H3. The third kappa shape index (κ3) is 3.20. The van der Waals surface area contributed by atoms with Crippen molar-refractivity contribution in [2.75, 3.05) is 0 Å². The molecule has 0 aliphatic heterocycles. The number of rotatable bonds is 4. The second-order valence-corrected chi connectivity index (χ2v) is 23.2. The highest BCUT2D eigenvalue weighted by Gasteiger charge is 2.41. The average Bonchev–Trinajstić information content (AvgIpc) is 2.97. The second-order valence-electron chi connectivity index (χ2n) is 8.87. The molecule has 0 atom stereocenters. The van der Waals surface area contributed by atoms with Crippen LogP contribution in [0.1, 0.15) is 12.8 Å². The highest BCUT2D eigenvalue weighted by Crippen LogP contribution is 2.42. The first kappa shape index (κ1) is 17.0. The minimum atomic E-state index is -1.64. The molecule has 21 heavy (non-hydrogen) atoms. The van der Waals surface area contributed by atoms with E-state index in [4.69, 9.17) is 0 Å². The van der Waals surface area contributed by atoms with Gasteiger partial charge in [0.2, 0.25) is 0 Å². The van der Waals surface area contributed by atoms with Gasteiger partial charge in [0.05, 0.1) is 16.1 Å². The summed E-state index contributed by atoms with van der Waals surface area (Å²) in [7, 11) is -4.18. The van der Waals surface area contributed by atoms with Gasteiger partial charge < -0.3 is 0 Å². The van der Waals surface area contributed by atoms with Crippen molar-refractivity contribution in [3.05, 3.63) is 45.1 Å². The van der Waals surface area contributed by atoms with Crippen LogP contribution >= 0.6 is 0 Å². The topological polar surface area (TPSA) is 0 Å². The molecule has 0 nitrogen and oxygen atoms in total. The zero-order valence-electron chi connectivity index (χ0n) is 15.1. The Kier molecular flexibility index (Phi) is 4.33. The molecule has 0 aromatic heterocycles. The molecule has 0 fully saturated rings. The quantitative estimate of drug-likeness (QED) is 0.584. The first-order chi connectivity index (χ1) is 9.45. The summed E-state index contributed by atoms with van der Waals surface area (Å²) >= 11 is 0. The van der Waals surface area contributed by atoms with Crippen molar-refractivity contribution in [2.45, 2.75) is 65.2 Å². The van der Waals surface area contributed by atoms with E-state index in [1.807, 2.05) is 0 Å². The Balaban J connectivity index is 2.41. The van der Waals surface area contributed by atoms with Crippen LogP contribution in [0.15, 0.2) is 32.9 Å². The molecular weight excluding hydrogens is 300 g/mol. The Labute approximate surface area is 134 Å². The van der Waals surface area contributed by atoms with E-state index in [1.54, 1.807) is 20.8 Å². The maximum Gasteiger partial charge on any atom is 0.112 e. The fourth-order valence-corrected chi connectivity index (χ4v) is 13.6. The second kappa shape index (κ2) is 5.36. The largest absolute Gasteiger partial charge is 0.112 e. The first-order valence-corrected chi connectivity index (χ1v) is 18.1. The molecule has 0 unspecified atom stereocenters. The minimum Gasteiger partial charge on any atom is -0.0810 e. The Morgan fingerprint density at radius 1 is 0.667 bits per heavy atom. The Morgan fingerprint density at radius 2 is 1.00 bits per heavy atom. The smallest absolute Gasteiger partial charge is 0.0810 e. The van der Waals surface area contributed by atoms with Crippen LogP contribution in [0.5, 0.6) is 0 Å². The van der Waals surface area contributed by atoms with Crippen molar-refractivity contribution in [3.63, 3.8) is 0 Å². The molecular formula is C18H30Si3. The monoisotopic (exact) mass is 330 g/mol. The molecule has 0 bridgehead atoms. The van der Waals surface area contributed by atoms with Crippen molar-refractivity contribution in [3.8, 4) is 0 Å². The van der Waals surface area contributed by atoms with Gasteiger partial charge in [-0.05, 0) is 25.0 Å². The van der Waals surface area contributed by atoms with Gasteiger partial charge >= 0.3 is 0 Å². The third-order valence-electron chi connectivity index (χ3n) is 4.57. The van der Waals surface area contributed by atoms with Gasteiger partial charge in [-0.1, -0.05) is 85.3 Å². The van der Waals surface area contributed by atoms with E-state index in [0.29, 0.717) is 0 Å². The fraction of sp³-hybridized carbons (Fsp3) is 0.556. The average molecular weight is 331 g/mol. The van der Waals surface area contributed by atoms with Crippen LogP contribution in [0.3, 0.4) is 0 Å². The van der Waals surface area contributed by atoms with Gasteiger partial charge in [0.25, 0.3) is 0 Å². The predicted octanol–water partition coefficient (Wildman–Crippen LogP) is 5.65. The Hall–Kier alpha value is -0.389. The highest BCUT2D eigenvalue weighted by molar-refractivity contribution is 6.99. The van der Waals surface area contributed by atoms with E-state index >= 15 is 0 Å². The molecule has 0 spiro atoms. The summed E-state index contributed by atoms with van der Waals surface area (Å²) in [6.07, 6.45) is 14.5. The summed E-state index contributed by atoms with van der Waals surface area (Å²) in [5.41, 5.74) is 0. The highest BCUT2D eigenvalue weighted by atomic mass is 28.3. The molecule has 0 aromatic rings. The van der Waals surface area contributed by atoms with Crippen LogP contribution < -0.4 is 0 Å². The summed E-state index contributed by atoms with van der Waals surface area (Å²) in [4.78, 5) is 0. The fourth-order valence-electron chi connectivity index (χ4n) is 3.51. The Bertz CT molecular complexity index is 508. The van der Waals surface area contributed by atoms with Crippen LogP contribution in [0.2, 0.25) is 52.4 Å². The molecule has 2 aliphatic carbocycles. The zero-order valence-corrected chi connectivity index (χ0v) is 18.1. The van der Waals surface area contributed by atoms with Crippen molar-refractivity contribution < 1.29 is 0 Å². The molecule has 114 valence electrons. The van der Waals surface area contributed by atoms with Crippen LogP contribution in [0.4, 0.5) is 0 Å². The number of hydrogen-bond donors (Lipinski definition) is 0. The van der Waals surface area contributed by atoms with Gasteiger partial charge in [-0.25, -0.2) is 0 Å². The van der Waals surface area contributed by atoms with Crippen LogP contribution in [-0.2, 0) is 0 Å². The molecule has 2 rings (SSSR count). The molecule has 0 aromatic carbocycles. The van der Waals surface area contributed by atoms with Gasteiger partial charge in [0.15, 0.2) is 0 Å². The maximum atomic E-state index is 3.75. The lowest BCUT2D eigenvalue weighted by atomic mass is 10.5. The number of allylic oxidation sites excluding steroid dienone is 8. The zero-order chi connectivity index (χ0) is 16.1. The maximum absolute atomic E-state index is 3.75. The van der Waals surface area contributed by atoms with Gasteiger partial charge in [0.1, 0.15) is 8.07 Å². The molecule has 2 aliphatic rings. The van der Waals surface area contributed by atoms with Gasteiger partial charge in [-0.2, -0.15) is 0 Å². The SMILES string of the molecule is C[Si](C)(C)C1=CC[C]=C1[Si](C)(C)C1=[C]CC=C1[Si](C)(C)C. The minimum absolute atomic E-state index is 1.03. The molecule has 0 N–H and O–H groups in total. The van der Waals surface area contributed by atoms with Crippen molar-refractivity contribution in [2.24, 2.45) is 0 Å². The summed E-state index contributed by atoms with van der Waals surface area (Å²) in [5, 5.41) is 6.57. The normalized spacial score (nSPS) is 20.2. The summed E-state index contributed by atoms with van der Waals surface area (Å²) in [5.74, 6) is 0. The molecule has 3 heteroatoms. The third-order valence-corrected chi connectivity index (χ3v) is 12.6. The lowest BCUT2D eigenvalue weighted by Crippen LogP contribution is -2.41. The summed E-state index contributed by atoms with van der Waals surface area (Å²) in [6, 6.07) is 0. The van der Waals surface area contributed by atoms with E-state index in [9.17, 15) is 0 Å². The lowest BCUT2D eigenvalue weighted by molar-refractivity contribution is 1.38. The summed E-state index contributed by atoms with van der Waals surface area (Å²) < 4.78 is 0. The van der Waals surface area contributed by atoms with E-state index in [0.717, 1.165) is 12.8 Å². The van der Waals surface area contributed by atoms with Gasteiger partial charge in [0, 0.05) is 0 Å². The van der Waals surface area contributed by atoms with Gasteiger partial charge in [-0.3, -0.25) is 0 Å². The van der Waals surface area contributed by atoms with Crippen LogP contribution in [0, 0.1) is 12.2 Å². The molecule has 2 radical (unpaired) electrons. The van der Waals surface area contributed by atoms with Crippen molar-refractivity contribution in [1.29, 1.82) is 0 Å².